The Morgan fingerprint density at radius 3 is 2.93 bits per heavy atom. The molecule has 2 heteroatoms. The Bertz CT molecular complexity index is 417. The molecule has 0 saturated carbocycles. The number of anilines is 1. The summed E-state index contributed by atoms with van der Waals surface area (Å²) < 4.78 is 0. The van der Waals surface area contributed by atoms with Crippen LogP contribution in [0.1, 0.15) is 18.4 Å². The minimum Gasteiger partial charge on any atom is -0.311 e. The summed E-state index contributed by atoms with van der Waals surface area (Å²) in [5, 5.41) is 0. The molecule has 2 rings (SSSR count). The van der Waals surface area contributed by atoms with Crippen molar-refractivity contribution in [3.8, 4) is 12.3 Å². The lowest BCUT2D eigenvalue weighted by atomic mass is 10.0. The van der Waals surface area contributed by atoms with Gasteiger partial charge in [0, 0.05) is 25.1 Å². The molecule has 0 aliphatic carbocycles. The Kier molecular flexibility index (Phi) is 2.73. The lowest BCUT2D eigenvalue weighted by Crippen LogP contribution is -2.35. The van der Waals surface area contributed by atoms with Crippen molar-refractivity contribution in [3.63, 3.8) is 0 Å². The predicted octanol–water partition coefficient (Wildman–Crippen LogP) is 1.99. The van der Waals surface area contributed by atoms with E-state index in [1.54, 1.807) is 4.90 Å². The maximum Gasteiger partial charge on any atom is 0.227 e. The second-order valence-corrected chi connectivity index (χ2v) is 3.63. The van der Waals surface area contributed by atoms with Crippen LogP contribution >= 0.6 is 0 Å². The molecule has 15 heavy (non-hydrogen) atoms. The highest BCUT2D eigenvalue weighted by molar-refractivity contribution is 5.96. The lowest BCUT2D eigenvalue weighted by molar-refractivity contribution is -0.118. The van der Waals surface area contributed by atoms with Crippen LogP contribution in [0.3, 0.4) is 0 Å². The van der Waals surface area contributed by atoms with Gasteiger partial charge in [-0.25, -0.2) is 0 Å². The predicted molar refractivity (Wildman–Crippen MR) is 60.6 cm³/mol. The van der Waals surface area contributed by atoms with Crippen LogP contribution in [0.25, 0.3) is 0 Å². The summed E-state index contributed by atoms with van der Waals surface area (Å²) >= 11 is 0. The Hall–Kier alpha value is -1.75. The highest BCUT2D eigenvalue weighted by atomic mass is 16.2. The van der Waals surface area contributed by atoms with Gasteiger partial charge in [0.05, 0.1) is 0 Å². The third-order valence-corrected chi connectivity index (χ3v) is 2.67. The minimum absolute atomic E-state index is 0.184. The van der Waals surface area contributed by atoms with Gasteiger partial charge < -0.3 is 4.90 Å². The van der Waals surface area contributed by atoms with Gasteiger partial charge in [0.1, 0.15) is 0 Å². The molecule has 0 saturated heterocycles. The maximum absolute atomic E-state index is 11.7. The van der Waals surface area contributed by atoms with E-state index in [0.29, 0.717) is 19.4 Å². The molecule has 1 heterocycles. The molecule has 0 spiro atoms. The fourth-order valence-electron chi connectivity index (χ4n) is 1.92. The van der Waals surface area contributed by atoms with Gasteiger partial charge in [-0.3, -0.25) is 4.79 Å². The first-order chi connectivity index (χ1) is 7.33. The molecule has 0 radical (unpaired) electrons. The van der Waals surface area contributed by atoms with Crippen molar-refractivity contribution in [2.24, 2.45) is 0 Å². The summed E-state index contributed by atoms with van der Waals surface area (Å²) in [5.41, 5.74) is 2.28. The van der Waals surface area contributed by atoms with Gasteiger partial charge in [-0.15, -0.1) is 12.3 Å². The molecule has 0 fully saturated rings. The molecule has 0 atom stereocenters. The zero-order valence-corrected chi connectivity index (χ0v) is 8.57. The second-order valence-electron chi connectivity index (χ2n) is 3.63. The highest BCUT2D eigenvalue weighted by Gasteiger charge is 2.22. The van der Waals surface area contributed by atoms with Crippen LogP contribution in [-0.2, 0) is 11.2 Å². The van der Waals surface area contributed by atoms with Crippen LogP contribution in [0.5, 0.6) is 0 Å². The fraction of sp³-hybridized carbons (Fsp3) is 0.308. The SMILES string of the molecule is C#CCCN1C(=O)CCc2ccccc21. The number of carbonyl (C=O) groups is 1. The van der Waals surface area contributed by atoms with Crippen LogP contribution < -0.4 is 4.90 Å². The Labute approximate surface area is 89.9 Å². The summed E-state index contributed by atoms with van der Waals surface area (Å²) in [6.07, 6.45) is 7.28. The van der Waals surface area contributed by atoms with Crippen molar-refractivity contribution in [1.29, 1.82) is 0 Å². The van der Waals surface area contributed by atoms with Gasteiger partial charge >= 0.3 is 0 Å². The highest BCUT2D eigenvalue weighted by Crippen LogP contribution is 2.27. The average molecular weight is 199 g/mol. The molecular formula is C13H13NO. The summed E-state index contributed by atoms with van der Waals surface area (Å²) in [4.78, 5) is 13.5. The molecule has 0 bridgehead atoms. The second kappa shape index (κ2) is 4.18. The van der Waals surface area contributed by atoms with E-state index >= 15 is 0 Å². The average Bonchev–Trinajstić information content (AvgIpc) is 2.28. The van der Waals surface area contributed by atoms with Gasteiger partial charge in [-0.2, -0.15) is 0 Å². The number of benzene rings is 1. The summed E-state index contributed by atoms with van der Waals surface area (Å²) in [6, 6.07) is 8.03. The van der Waals surface area contributed by atoms with Crippen LogP contribution in [0.2, 0.25) is 0 Å². The Morgan fingerprint density at radius 1 is 1.33 bits per heavy atom. The zero-order valence-electron chi connectivity index (χ0n) is 8.57. The molecule has 2 nitrogen and oxygen atoms in total. The quantitative estimate of drug-likeness (QED) is 0.667. The van der Waals surface area contributed by atoms with Crippen molar-refractivity contribution in [3.05, 3.63) is 29.8 Å². The van der Waals surface area contributed by atoms with E-state index in [1.165, 1.54) is 5.56 Å². The molecule has 0 unspecified atom stereocenters. The van der Waals surface area contributed by atoms with Gasteiger partial charge in [0.15, 0.2) is 0 Å². The third kappa shape index (κ3) is 1.87. The largest absolute Gasteiger partial charge is 0.311 e. The third-order valence-electron chi connectivity index (χ3n) is 2.67. The summed E-state index contributed by atoms with van der Waals surface area (Å²) in [6.45, 7) is 0.631. The first-order valence-electron chi connectivity index (χ1n) is 5.14. The molecule has 1 aromatic carbocycles. The molecule has 76 valence electrons. The fourth-order valence-corrected chi connectivity index (χ4v) is 1.92. The number of carbonyl (C=O) groups excluding carboxylic acids is 1. The Morgan fingerprint density at radius 2 is 2.13 bits per heavy atom. The van der Waals surface area contributed by atoms with Crippen LogP contribution in [0.15, 0.2) is 24.3 Å². The van der Waals surface area contributed by atoms with Crippen LogP contribution in [-0.4, -0.2) is 12.5 Å². The molecular weight excluding hydrogens is 186 g/mol. The normalized spacial score (nSPS) is 14.6. The standard InChI is InChI=1S/C13H13NO/c1-2-3-10-14-12-7-5-4-6-11(12)8-9-13(14)15/h1,4-7H,3,8-10H2. The van der Waals surface area contributed by atoms with E-state index in [1.807, 2.05) is 18.2 Å². The smallest absolute Gasteiger partial charge is 0.227 e. The number of nitrogens with zero attached hydrogens (tertiary/aromatic N) is 1. The van der Waals surface area contributed by atoms with E-state index in [0.717, 1.165) is 12.1 Å². The number of fused-ring (bicyclic) bond motifs is 1. The van der Waals surface area contributed by atoms with Crippen molar-refractivity contribution < 1.29 is 4.79 Å². The Balaban J connectivity index is 2.29. The molecule has 0 N–H and O–H groups in total. The maximum atomic E-state index is 11.7. The first kappa shape index (κ1) is 9.79. The van der Waals surface area contributed by atoms with Crippen molar-refractivity contribution in [2.75, 3.05) is 11.4 Å². The molecule has 1 amide bonds. The number of hydrogen-bond acceptors (Lipinski definition) is 1. The number of aryl methyl sites for hydroxylation is 1. The van der Waals surface area contributed by atoms with Crippen molar-refractivity contribution in [2.45, 2.75) is 19.3 Å². The number of hydrogen-bond donors (Lipinski definition) is 0. The van der Waals surface area contributed by atoms with Crippen molar-refractivity contribution >= 4 is 11.6 Å². The van der Waals surface area contributed by atoms with E-state index in [2.05, 4.69) is 12.0 Å². The molecule has 1 aliphatic rings. The number of para-hydroxylation sites is 1. The van der Waals surface area contributed by atoms with Gasteiger partial charge in [-0.1, -0.05) is 18.2 Å². The van der Waals surface area contributed by atoms with E-state index < -0.39 is 0 Å². The zero-order chi connectivity index (χ0) is 10.7. The first-order valence-corrected chi connectivity index (χ1v) is 5.14. The minimum atomic E-state index is 0.184. The van der Waals surface area contributed by atoms with Crippen molar-refractivity contribution in [1.82, 2.24) is 0 Å². The van der Waals surface area contributed by atoms with E-state index in [-0.39, 0.29) is 5.91 Å². The lowest BCUT2D eigenvalue weighted by Gasteiger charge is -2.28. The number of amides is 1. The monoisotopic (exact) mass is 199 g/mol. The van der Waals surface area contributed by atoms with Crippen LogP contribution in [0, 0.1) is 12.3 Å². The number of rotatable bonds is 2. The van der Waals surface area contributed by atoms with E-state index in [9.17, 15) is 4.79 Å². The van der Waals surface area contributed by atoms with Gasteiger partial charge in [-0.05, 0) is 18.1 Å². The molecule has 1 aliphatic heterocycles. The summed E-state index contributed by atoms with van der Waals surface area (Å²) in [7, 11) is 0. The summed E-state index contributed by atoms with van der Waals surface area (Å²) in [5.74, 6) is 2.76. The topological polar surface area (TPSA) is 20.3 Å². The van der Waals surface area contributed by atoms with Gasteiger partial charge in [0.2, 0.25) is 5.91 Å². The van der Waals surface area contributed by atoms with E-state index in [4.69, 9.17) is 6.42 Å². The van der Waals surface area contributed by atoms with Gasteiger partial charge in [0.25, 0.3) is 0 Å². The molecule has 0 aromatic heterocycles. The number of terminal acetylenes is 1. The molecule has 1 aromatic rings. The van der Waals surface area contributed by atoms with Crippen LogP contribution in [0.4, 0.5) is 5.69 Å².